The Morgan fingerprint density at radius 2 is 1.90 bits per heavy atom. The van der Waals surface area contributed by atoms with Crippen molar-refractivity contribution in [3.8, 4) is 10.8 Å². The average molecular weight is 582 g/mol. The number of carbonyl (C=O) groups is 1. The Balaban J connectivity index is 1.68. The van der Waals surface area contributed by atoms with Gasteiger partial charge in [-0.1, -0.05) is 24.3 Å². The number of aliphatic carboxylic acids is 1. The van der Waals surface area contributed by atoms with Crippen molar-refractivity contribution < 1.29 is 24.2 Å². The van der Waals surface area contributed by atoms with Crippen LogP contribution in [0.4, 0.5) is 0 Å². The molecule has 0 bridgehead atoms. The van der Waals surface area contributed by atoms with Crippen molar-refractivity contribution in [2.45, 2.75) is 77.7 Å². The van der Waals surface area contributed by atoms with Crippen LogP contribution in [0.1, 0.15) is 62.3 Å². The van der Waals surface area contributed by atoms with Crippen molar-refractivity contribution in [2.75, 3.05) is 6.61 Å². The lowest BCUT2D eigenvalue weighted by Crippen LogP contribution is -2.52. The highest BCUT2D eigenvalue weighted by molar-refractivity contribution is 7.22. The Kier molecular flexibility index (Phi) is 8.04. The van der Waals surface area contributed by atoms with Crippen LogP contribution in [0.25, 0.3) is 21.0 Å². The third kappa shape index (κ3) is 5.41. The number of carboxylic acid groups (broad SMARTS) is 1. The molecule has 1 aromatic carbocycles. The summed E-state index contributed by atoms with van der Waals surface area (Å²) in [7, 11) is 0. The van der Waals surface area contributed by atoms with Crippen LogP contribution in [0.5, 0.6) is 0 Å². The van der Waals surface area contributed by atoms with Crippen molar-refractivity contribution in [3.63, 3.8) is 0 Å². The van der Waals surface area contributed by atoms with E-state index in [0.29, 0.717) is 27.8 Å². The molecule has 1 aliphatic carbocycles. The highest BCUT2D eigenvalue weighted by Gasteiger charge is 2.36. The number of aliphatic hydroxyl groups excluding tert-OH is 1. The Bertz CT molecular complexity index is 1670. The van der Waals surface area contributed by atoms with Crippen molar-refractivity contribution >= 4 is 27.5 Å². The van der Waals surface area contributed by atoms with E-state index < -0.39 is 28.9 Å². The first-order valence-electron chi connectivity index (χ1n) is 13.8. The fourth-order valence-corrected chi connectivity index (χ4v) is 6.80. The van der Waals surface area contributed by atoms with Gasteiger partial charge in [0.15, 0.2) is 0 Å². The molecule has 1 atom stereocenters. The molecule has 10 nitrogen and oxygen atoms in total. The number of fused-ring (bicyclic) bond motifs is 1. The second-order valence-corrected chi connectivity index (χ2v) is 12.3. The molecule has 0 amide bonds. The van der Waals surface area contributed by atoms with Gasteiger partial charge in [-0.05, 0) is 76.0 Å². The molecule has 0 saturated heterocycles. The third-order valence-electron chi connectivity index (χ3n) is 8.15. The SMILES string of the molecule is Cc1ccccc1[C@H](Cn1c(=O)n(C(C)(C)C(=O)O)c(=O)c2c(C)c(-c3ncco3)sc21)OCC1CCC(O)CC1. The maximum absolute atomic E-state index is 14.1. The molecule has 1 fully saturated rings. The number of aromatic nitrogens is 3. The number of thiophene rings is 1. The molecule has 1 aliphatic rings. The van der Waals surface area contributed by atoms with Crippen LogP contribution in [0.3, 0.4) is 0 Å². The molecule has 5 rings (SSSR count). The standard InChI is InChI=1S/C30H35N3O7S/c1-17-7-5-6-8-21(17)22(40-16-19-9-11-20(34)12-10-19)15-32-27-23(18(2)24(41-27)25-31-13-14-39-25)26(35)33(29(32)38)30(3,4)28(36)37/h5-8,13-14,19-20,22,34H,9-12,15-16H2,1-4H3,(H,36,37)/t19?,20?,22-/m0/s1. The van der Waals surface area contributed by atoms with E-state index in [9.17, 15) is 24.6 Å². The van der Waals surface area contributed by atoms with Crippen LogP contribution in [-0.4, -0.2) is 43.0 Å². The van der Waals surface area contributed by atoms with Gasteiger partial charge in [0, 0.05) is 0 Å². The van der Waals surface area contributed by atoms with Gasteiger partial charge in [0.25, 0.3) is 5.56 Å². The van der Waals surface area contributed by atoms with E-state index in [1.165, 1.54) is 42.2 Å². The molecule has 3 aromatic heterocycles. The molecule has 0 radical (unpaired) electrons. The van der Waals surface area contributed by atoms with Crippen LogP contribution >= 0.6 is 11.3 Å². The number of nitrogens with zero attached hydrogens (tertiary/aromatic N) is 3. The highest BCUT2D eigenvalue weighted by Crippen LogP contribution is 2.37. The zero-order valence-corrected chi connectivity index (χ0v) is 24.4. The van der Waals surface area contributed by atoms with E-state index in [0.717, 1.165) is 41.4 Å². The number of carboxylic acids is 1. The third-order valence-corrected chi connectivity index (χ3v) is 9.46. The summed E-state index contributed by atoms with van der Waals surface area (Å²) in [5.41, 5.74) is -0.742. The normalized spacial score (nSPS) is 18.6. The minimum atomic E-state index is -1.80. The monoisotopic (exact) mass is 581 g/mol. The molecule has 218 valence electrons. The minimum Gasteiger partial charge on any atom is -0.480 e. The summed E-state index contributed by atoms with van der Waals surface area (Å²) in [4.78, 5) is 45.4. The lowest BCUT2D eigenvalue weighted by Gasteiger charge is -2.29. The predicted molar refractivity (Wildman–Crippen MR) is 155 cm³/mol. The van der Waals surface area contributed by atoms with Crippen molar-refractivity contribution in [2.24, 2.45) is 5.92 Å². The zero-order chi connectivity index (χ0) is 29.5. The van der Waals surface area contributed by atoms with Crippen LogP contribution < -0.4 is 11.2 Å². The molecule has 3 heterocycles. The number of hydrogen-bond acceptors (Lipinski definition) is 8. The molecule has 0 unspecified atom stereocenters. The zero-order valence-electron chi connectivity index (χ0n) is 23.6. The largest absolute Gasteiger partial charge is 0.480 e. The average Bonchev–Trinajstić information content (AvgIpc) is 3.58. The van der Waals surface area contributed by atoms with E-state index in [2.05, 4.69) is 4.98 Å². The second kappa shape index (κ2) is 11.4. The number of aryl methyl sites for hydroxylation is 2. The Hall–Kier alpha value is -3.54. The quantitative estimate of drug-likeness (QED) is 0.292. The van der Waals surface area contributed by atoms with Gasteiger partial charge in [-0.2, -0.15) is 0 Å². The summed E-state index contributed by atoms with van der Waals surface area (Å²) in [6, 6.07) is 7.79. The predicted octanol–water partition coefficient (Wildman–Crippen LogP) is 4.63. The molecule has 11 heteroatoms. The van der Waals surface area contributed by atoms with Gasteiger partial charge in [0.2, 0.25) is 5.89 Å². The fourth-order valence-electron chi connectivity index (χ4n) is 5.55. The molecule has 0 aliphatic heterocycles. The van der Waals surface area contributed by atoms with Crippen molar-refractivity contribution in [3.05, 3.63) is 74.3 Å². The summed E-state index contributed by atoms with van der Waals surface area (Å²) in [6.07, 6.45) is 5.29. The smallest absolute Gasteiger partial charge is 0.333 e. The van der Waals surface area contributed by atoms with E-state index >= 15 is 0 Å². The Labute approximate surface area is 240 Å². The van der Waals surface area contributed by atoms with E-state index in [-0.39, 0.29) is 24.0 Å². The number of hydrogen-bond donors (Lipinski definition) is 2. The lowest BCUT2D eigenvalue weighted by atomic mass is 9.88. The van der Waals surface area contributed by atoms with Gasteiger partial charge in [-0.25, -0.2) is 19.1 Å². The van der Waals surface area contributed by atoms with Gasteiger partial charge in [0.1, 0.15) is 22.7 Å². The number of aliphatic hydroxyl groups is 1. The Morgan fingerprint density at radius 1 is 1.20 bits per heavy atom. The summed E-state index contributed by atoms with van der Waals surface area (Å²) in [6.45, 7) is 6.94. The molecular weight excluding hydrogens is 546 g/mol. The van der Waals surface area contributed by atoms with Gasteiger partial charge >= 0.3 is 11.7 Å². The van der Waals surface area contributed by atoms with Gasteiger partial charge in [0.05, 0.1) is 35.7 Å². The first-order chi connectivity index (χ1) is 19.5. The van der Waals surface area contributed by atoms with E-state index in [1.54, 1.807) is 6.92 Å². The maximum atomic E-state index is 14.1. The number of benzene rings is 1. The molecule has 41 heavy (non-hydrogen) atoms. The summed E-state index contributed by atoms with van der Waals surface area (Å²) < 4.78 is 14.3. The van der Waals surface area contributed by atoms with Gasteiger partial charge in [-0.15, -0.1) is 11.3 Å². The molecule has 0 spiro atoms. The van der Waals surface area contributed by atoms with Crippen LogP contribution in [0, 0.1) is 19.8 Å². The van der Waals surface area contributed by atoms with Gasteiger partial charge < -0.3 is 19.4 Å². The van der Waals surface area contributed by atoms with Crippen LogP contribution in [0.15, 0.2) is 50.7 Å². The second-order valence-electron chi connectivity index (χ2n) is 11.3. The number of ether oxygens (including phenoxy) is 1. The van der Waals surface area contributed by atoms with E-state index in [1.807, 2.05) is 31.2 Å². The lowest BCUT2D eigenvalue weighted by molar-refractivity contribution is -0.146. The molecule has 4 aromatic rings. The molecule has 2 N–H and O–H groups in total. The van der Waals surface area contributed by atoms with Crippen LogP contribution in [-0.2, 0) is 21.6 Å². The first-order valence-corrected chi connectivity index (χ1v) is 14.6. The summed E-state index contributed by atoms with van der Waals surface area (Å²) in [5.74, 6) is -0.700. The van der Waals surface area contributed by atoms with Gasteiger partial charge in [-0.3, -0.25) is 9.36 Å². The molecular formula is C30H35N3O7S. The topological polar surface area (TPSA) is 137 Å². The Morgan fingerprint density at radius 3 is 2.54 bits per heavy atom. The summed E-state index contributed by atoms with van der Waals surface area (Å²) >= 11 is 1.21. The van der Waals surface area contributed by atoms with Crippen molar-refractivity contribution in [1.82, 2.24) is 14.1 Å². The number of oxazole rings is 1. The highest BCUT2D eigenvalue weighted by atomic mass is 32.1. The van der Waals surface area contributed by atoms with Crippen LogP contribution in [0.2, 0.25) is 0 Å². The van der Waals surface area contributed by atoms with Crippen molar-refractivity contribution in [1.29, 1.82) is 0 Å². The maximum Gasteiger partial charge on any atom is 0.333 e. The number of rotatable bonds is 9. The minimum absolute atomic E-state index is 0.0660. The molecule has 1 saturated carbocycles. The first kappa shape index (κ1) is 29.0. The summed E-state index contributed by atoms with van der Waals surface area (Å²) in [5, 5.41) is 20.2. The van der Waals surface area contributed by atoms with E-state index in [4.69, 9.17) is 9.15 Å². The fraction of sp³-hybridized carbons (Fsp3) is 0.467.